The minimum atomic E-state index is -0.0110. The molecule has 3 aromatic carbocycles. The molecule has 3 heteroatoms. The molecule has 2 nitrogen and oxygen atoms in total. The smallest absolute Gasteiger partial charge is 0.247 e. The van der Waals surface area contributed by atoms with Crippen molar-refractivity contribution in [1.29, 1.82) is 0 Å². The quantitative estimate of drug-likeness (QED) is 0.597. The highest BCUT2D eigenvalue weighted by Gasteiger charge is 2.36. The maximum absolute atomic E-state index is 6.25. The lowest BCUT2D eigenvalue weighted by Gasteiger charge is -2.17. The van der Waals surface area contributed by atoms with Crippen LogP contribution in [0.3, 0.4) is 0 Å². The molecular weight excluding hydrogens is 326 g/mol. The zero-order valence-corrected chi connectivity index (χ0v) is 14.6. The van der Waals surface area contributed by atoms with Crippen molar-refractivity contribution < 1.29 is 4.74 Å². The highest BCUT2D eigenvalue weighted by atomic mass is 32.2. The Morgan fingerprint density at radius 3 is 1.92 bits per heavy atom. The van der Waals surface area contributed by atoms with E-state index in [2.05, 4.69) is 60.7 Å². The van der Waals surface area contributed by atoms with Gasteiger partial charge in [0.2, 0.25) is 5.23 Å². The third-order valence-corrected chi connectivity index (χ3v) is 5.42. The molecule has 0 aliphatic carbocycles. The van der Waals surface area contributed by atoms with Crippen LogP contribution in [0.15, 0.2) is 96.0 Å². The summed E-state index contributed by atoms with van der Waals surface area (Å²) < 4.78 is 6.25. The van der Waals surface area contributed by atoms with Crippen LogP contribution in [0.1, 0.15) is 28.0 Å². The molecule has 0 aromatic heterocycles. The number of hydrogen-bond acceptors (Lipinski definition) is 3. The van der Waals surface area contributed by atoms with Gasteiger partial charge in [-0.25, -0.2) is 4.99 Å². The van der Waals surface area contributed by atoms with Gasteiger partial charge in [0.25, 0.3) is 0 Å². The van der Waals surface area contributed by atoms with E-state index in [1.165, 1.54) is 16.7 Å². The Hall–Kier alpha value is -2.52. The van der Waals surface area contributed by atoms with E-state index in [-0.39, 0.29) is 11.4 Å². The van der Waals surface area contributed by atoms with Crippen LogP contribution in [0.25, 0.3) is 0 Å². The van der Waals surface area contributed by atoms with E-state index in [9.17, 15) is 0 Å². The predicted octanol–water partition coefficient (Wildman–Crippen LogP) is 5.79. The fourth-order valence-corrected chi connectivity index (χ4v) is 4.10. The van der Waals surface area contributed by atoms with Crippen LogP contribution in [0.5, 0.6) is 0 Å². The summed E-state index contributed by atoms with van der Waals surface area (Å²) in [5, 5.41) is 0.990. The van der Waals surface area contributed by atoms with Gasteiger partial charge in [0.1, 0.15) is 6.10 Å². The summed E-state index contributed by atoms with van der Waals surface area (Å²) in [6.07, 6.45) is -0.0110. The largest absolute Gasteiger partial charge is 0.463 e. The second-order valence-corrected chi connectivity index (χ2v) is 7.06. The highest BCUT2D eigenvalue weighted by Crippen LogP contribution is 2.49. The van der Waals surface area contributed by atoms with Crippen LogP contribution < -0.4 is 0 Å². The Labute approximate surface area is 152 Å². The Morgan fingerprint density at radius 2 is 1.28 bits per heavy atom. The van der Waals surface area contributed by atoms with Crippen molar-refractivity contribution >= 4 is 17.0 Å². The van der Waals surface area contributed by atoms with Crippen LogP contribution in [0.2, 0.25) is 0 Å². The number of hydrogen-bond donors (Lipinski definition) is 0. The van der Waals surface area contributed by atoms with Crippen molar-refractivity contribution in [1.82, 2.24) is 0 Å². The van der Waals surface area contributed by atoms with Gasteiger partial charge in [-0.3, -0.25) is 0 Å². The molecule has 1 aliphatic rings. The Balaban J connectivity index is 1.60. The molecule has 0 spiro atoms. The van der Waals surface area contributed by atoms with E-state index < -0.39 is 0 Å². The molecule has 25 heavy (non-hydrogen) atoms. The molecule has 0 radical (unpaired) electrons. The number of aliphatic imine (C=N–C) groups is 1. The molecular formula is C22H19NOS. The molecule has 0 amide bonds. The minimum Gasteiger partial charge on any atom is -0.463 e. The van der Waals surface area contributed by atoms with Crippen molar-refractivity contribution in [2.75, 3.05) is 0 Å². The van der Waals surface area contributed by atoms with Crippen LogP contribution in [0.4, 0.5) is 0 Å². The first-order valence-corrected chi connectivity index (χ1v) is 9.30. The monoisotopic (exact) mass is 345 g/mol. The maximum atomic E-state index is 6.25. The number of thioether (sulfide) groups is 1. The number of nitrogens with zero attached hydrogens (tertiary/aromatic N) is 1. The van der Waals surface area contributed by atoms with Crippen molar-refractivity contribution in [2.45, 2.75) is 17.9 Å². The van der Waals surface area contributed by atoms with E-state index in [1.807, 2.05) is 30.3 Å². The summed E-state index contributed by atoms with van der Waals surface area (Å²) in [7, 11) is 0. The average Bonchev–Trinajstić information content (AvgIpc) is 3.13. The van der Waals surface area contributed by atoms with Gasteiger partial charge in [-0.2, -0.15) is 0 Å². The van der Waals surface area contributed by atoms with Crippen LogP contribution in [-0.4, -0.2) is 5.23 Å². The van der Waals surface area contributed by atoms with Gasteiger partial charge < -0.3 is 4.74 Å². The van der Waals surface area contributed by atoms with E-state index >= 15 is 0 Å². The second-order valence-electron chi connectivity index (χ2n) is 5.97. The molecule has 124 valence electrons. The molecule has 0 saturated carbocycles. The minimum absolute atomic E-state index is 0.0110. The summed E-state index contributed by atoms with van der Waals surface area (Å²) in [5.74, 6) is 0. The van der Waals surface area contributed by atoms with E-state index in [0.717, 1.165) is 5.23 Å². The van der Waals surface area contributed by atoms with Crippen molar-refractivity contribution in [3.05, 3.63) is 108 Å². The first-order chi connectivity index (χ1) is 12.4. The normalized spacial score (nSPS) is 21.2. The topological polar surface area (TPSA) is 21.6 Å². The van der Waals surface area contributed by atoms with Gasteiger partial charge in [0.05, 0.1) is 11.8 Å². The number of benzene rings is 3. The molecule has 0 bridgehead atoms. The van der Waals surface area contributed by atoms with Gasteiger partial charge in [-0.15, -0.1) is 0 Å². The van der Waals surface area contributed by atoms with E-state index in [1.54, 1.807) is 11.8 Å². The fraction of sp³-hybridized carbons (Fsp3) is 0.136. The van der Waals surface area contributed by atoms with Gasteiger partial charge in [-0.05, 0) is 16.7 Å². The summed E-state index contributed by atoms with van der Waals surface area (Å²) in [6.45, 7) is 0.645. The van der Waals surface area contributed by atoms with Gasteiger partial charge in [-0.1, -0.05) is 103 Å². The molecule has 1 saturated heterocycles. The van der Waals surface area contributed by atoms with Gasteiger partial charge in [0.15, 0.2) is 0 Å². The lowest BCUT2D eigenvalue weighted by atomic mass is 10.0. The van der Waals surface area contributed by atoms with Crippen molar-refractivity contribution in [3.8, 4) is 0 Å². The summed E-state index contributed by atoms with van der Waals surface area (Å²) in [6, 6.07) is 31.2. The fourth-order valence-electron chi connectivity index (χ4n) is 2.95. The zero-order chi connectivity index (χ0) is 16.9. The molecule has 3 aromatic rings. The maximum Gasteiger partial charge on any atom is 0.247 e. The lowest BCUT2D eigenvalue weighted by molar-refractivity contribution is 0.208. The SMILES string of the molecule is c1ccc(CN=C2OC(c3ccccc3)C(c3ccccc3)S2)cc1. The molecule has 0 N–H and O–H groups in total. The summed E-state index contributed by atoms with van der Waals surface area (Å²) in [5.41, 5.74) is 3.65. The summed E-state index contributed by atoms with van der Waals surface area (Å²) in [4.78, 5) is 4.70. The molecule has 2 unspecified atom stereocenters. The Bertz CT molecular complexity index is 784. The molecule has 2 atom stereocenters. The van der Waals surface area contributed by atoms with Crippen molar-refractivity contribution in [3.63, 3.8) is 0 Å². The number of ether oxygens (including phenoxy) is 1. The highest BCUT2D eigenvalue weighted by molar-refractivity contribution is 8.14. The average molecular weight is 345 g/mol. The Kier molecular flexibility index (Phi) is 4.84. The molecule has 4 rings (SSSR count). The lowest BCUT2D eigenvalue weighted by Crippen LogP contribution is -2.05. The third-order valence-electron chi connectivity index (χ3n) is 4.22. The van der Waals surface area contributed by atoms with Gasteiger partial charge in [0, 0.05) is 0 Å². The van der Waals surface area contributed by atoms with Crippen molar-refractivity contribution in [2.24, 2.45) is 4.99 Å². The standard InChI is InChI=1S/C22H19NOS/c1-4-10-17(11-5-1)16-23-22-24-20(18-12-6-2-7-13-18)21(25-22)19-14-8-3-9-15-19/h1-15,20-21H,16H2. The second kappa shape index (κ2) is 7.58. The predicted molar refractivity (Wildman–Crippen MR) is 105 cm³/mol. The molecule has 1 aliphatic heterocycles. The van der Waals surface area contributed by atoms with E-state index in [4.69, 9.17) is 9.73 Å². The first-order valence-electron chi connectivity index (χ1n) is 8.42. The molecule has 1 fully saturated rings. The first kappa shape index (κ1) is 16.0. The zero-order valence-electron chi connectivity index (χ0n) is 13.8. The Morgan fingerprint density at radius 1 is 0.720 bits per heavy atom. The van der Waals surface area contributed by atoms with Gasteiger partial charge >= 0.3 is 0 Å². The van der Waals surface area contributed by atoms with Crippen LogP contribution in [0, 0.1) is 0 Å². The third kappa shape index (κ3) is 3.77. The summed E-state index contributed by atoms with van der Waals surface area (Å²) >= 11 is 1.71. The molecule has 1 heterocycles. The van der Waals surface area contributed by atoms with Crippen LogP contribution in [-0.2, 0) is 11.3 Å². The number of rotatable bonds is 4. The van der Waals surface area contributed by atoms with Crippen LogP contribution >= 0.6 is 11.8 Å². The van der Waals surface area contributed by atoms with E-state index in [0.29, 0.717) is 6.54 Å².